The van der Waals surface area contributed by atoms with E-state index in [1.165, 1.54) is 0 Å². The molecule has 0 unspecified atom stereocenters. The second-order valence-electron chi connectivity index (χ2n) is 2.14. The van der Waals surface area contributed by atoms with E-state index in [1.54, 1.807) is 0 Å². The SMILES string of the molecule is O=[C-]C1CCNCC1.[Y]. The van der Waals surface area contributed by atoms with Crippen molar-refractivity contribution in [2.75, 3.05) is 13.1 Å². The molecule has 1 heterocycles. The molecule has 1 aliphatic heterocycles. The zero-order valence-corrected chi connectivity index (χ0v) is 8.23. The molecule has 0 spiro atoms. The summed E-state index contributed by atoms with van der Waals surface area (Å²) in [6, 6.07) is 0. The summed E-state index contributed by atoms with van der Waals surface area (Å²) < 4.78 is 0. The number of carbonyl (C=O) groups excluding carboxylic acids is 1. The van der Waals surface area contributed by atoms with Crippen LogP contribution in [0.3, 0.4) is 0 Å². The molecule has 1 saturated heterocycles. The van der Waals surface area contributed by atoms with Gasteiger partial charge in [0.25, 0.3) is 0 Å². The Morgan fingerprint density at radius 1 is 1.33 bits per heavy atom. The van der Waals surface area contributed by atoms with Gasteiger partial charge in [-0.25, -0.2) is 0 Å². The van der Waals surface area contributed by atoms with Crippen molar-refractivity contribution in [2.24, 2.45) is 5.92 Å². The Morgan fingerprint density at radius 2 is 1.89 bits per heavy atom. The van der Waals surface area contributed by atoms with Gasteiger partial charge in [-0.05, 0) is 13.1 Å². The summed E-state index contributed by atoms with van der Waals surface area (Å²) in [4.78, 5) is 10.0. The van der Waals surface area contributed by atoms with E-state index in [0.717, 1.165) is 25.9 Å². The van der Waals surface area contributed by atoms with Crippen LogP contribution < -0.4 is 5.32 Å². The third-order valence-electron chi connectivity index (χ3n) is 1.51. The molecule has 0 aromatic rings. The zero-order valence-electron chi connectivity index (χ0n) is 5.39. The molecule has 0 aromatic carbocycles. The van der Waals surface area contributed by atoms with Crippen molar-refractivity contribution in [1.82, 2.24) is 5.32 Å². The van der Waals surface area contributed by atoms with Crippen molar-refractivity contribution in [3.63, 3.8) is 0 Å². The maximum Gasteiger partial charge on any atom is 0 e. The molecular weight excluding hydrogens is 191 g/mol. The van der Waals surface area contributed by atoms with Crippen LogP contribution in [0, 0.1) is 5.92 Å². The number of hydrogen-bond donors (Lipinski definition) is 1. The standard InChI is InChI=1S/C6H10NO.Y/c8-5-6-1-3-7-4-2-6;/h6-7H,1-4H2;/q-1;. The smallest absolute Gasteiger partial charge is 0 e. The van der Waals surface area contributed by atoms with E-state index in [0.29, 0.717) is 0 Å². The summed E-state index contributed by atoms with van der Waals surface area (Å²) in [6.07, 6.45) is 3.97. The van der Waals surface area contributed by atoms with Crippen LogP contribution in [0.15, 0.2) is 0 Å². The van der Waals surface area contributed by atoms with Crippen LogP contribution in [0.4, 0.5) is 0 Å². The van der Waals surface area contributed by atoms with Crippen LogP contribution in [0.5, 0.6) is 0 Å². The van der Waals surface area contributed by atoms with Crippen LogP contribution in [0.25, 0.3) is 0 Å². The minimum atomic E-state index is 0. The van der Waals surface area contributed by atoms with E-state index in [9.17, 15) is 4.79 Å². The molecule has 9 heavy (non-hydrogen) atoms. The summed E-state index contributed by atoms with van der Waals surface area (Å²) in [7, 11) is 0. The van der Waals surface area contributed by atoms with Gasteiger partial charge in [-0.3, -0.25) is 6.29 Å². The zero-order chi connectivity index (χ0) is 5.82. The number of rotatable bonds is 1. The first-order valence-corrected chi connectivity index (χ1v) is 3.02. The molecule has 1 aliphatic rings. The van der Waals surface area contributed by atoms with Crippen molar-refractivity contribution >= 4 is 6.29 Å². The molecule has 0 amide bonds. The second kappa shape index (κ2) is 5.51. The van der Waals surface area contributed by atoms with Crippen molar-refractivity contribution in [2.45, 2.75) is 12.8 Å². The van der Waals surface area contributed by atoms with Gasteiger partial charge in [0.1, 0.15) is 0 Å². The van der Waals surface area contributed by atoms with E-state index in [2.05, 4.69) is 5.32 Å². The van der Waals surface area contributed by atoms with Crippen LogP contribution >= 0.6 is 0 Å². The Labute approximate surface area is 80.7 Å². The van der Waals surface area contributed by atoms with E-state index >= 15 is 0 Å². The molecule has 1 radical (unpaired) electrons. The monoisotopic (exact) mass is 201 g/mol. The summed E-state index contributed by atoms with van der Waals surface area (Å²) in [5, 5.41) is 3.17. The molecule has 1 N–H and O–H groups in total. The van der Waals surface area contributed by atoms with Crippen molar-refractivity contribution in [1.29, 1.82) is 0 Å². The van der Waals surface area contributed by atoms with Crippen molar-refractivity contribution in [3.8, 4) is 0 Å². The van der Waals surface area contributed by atoms with Crippen LogP contribution in [0.2, 0.25) is 0 Å². The Morgan fingerprint density at radius 3 is 2.22 bits per heavy atom. The van der Waals surface area contributed by atoms with E-state index in [4.69, 9.17) is 0 Å². The second-order valence-corrected chi connectivity index (χ2v) is 2.14. The van der Waals surface area contributed by atoms with E-state index < -0.39 is 0 Å². The fraction of sp³-hybridized carbons (Fsp3) is 0.833. The molecule has 0 saturated carbocycles. The van der Waals surface area contributed by atoms with Gasteiger partial charge in [0.15, 0.2) is 0 Å². The maximum absolute atomic E-state index is 10.0. The minimum absolute atomic E-state index is 0. The Hall–Kier alpha value is 0.734. The molecule has 3 heteroatoms. The normalized spacial score (nSPS) is 20.4. The topological polar surface area (TPSA) is 29.1 Å². The maximum atomic E-state index is 10.0. The fourth-order valence-corrected chi connectivity index (χ4v) is 0.940. The average Bonchev–Trinajstić information content (AvgIpc) is 1.90. The van der Waals surface area contributed by atoms with Gasteiger partial charge in [-0.2, -0.15) is 0 Å². The first-order chi connectivity index (χ1) is 3.93. The molecule has 0 aromatic heterocycles. The summed E-state index contributed by atoms with van der Waals surface area (Å²) in [5.41, 5.74) is 0. The fourth-order valence-electron chi connectivity index (χ4n) is 0.940. The number of piperidine rings is 1. The number of hydrogen-bond acceptors (Lipinski definition) is 2. The molecule has 2 nitrogen and oxygen atoms in total. The molecule has 0 aliphatic carbocycles. The van der Waals surface area contributed by atoms with Crippen LogP contribution in [0.1, 0.15) is 12.8 Å². The van der Waals surface area contributed by atoms with E-state index in [-0.39, 0.29) is 38.6 Å². The van der Waals surface area contributed by atoms with Crippen molar-refractivity contribution in [3.05, 3.63) is 0 Å². The van der Waals surface area contributed by atoms with Gasteiger partial charge in [-0.15, -0.1) is 5.92 Å². The summed E-state index contributed by atoms with van der Waals surface area (Å²) in [6.45, 7) is 1.97. The molecule has 0 atom stereocenters. The Kier molecular flexibility index (Phi) is 5.96. The summed E-state index contributed by atoms with van der Waals surface area (Å²) in [5.74, 6) is 0.219. The van der Waals surface area contributed by atoms with Gasteiger partial charge in [-0.1, -0.05) is 12.8 Å². The molecule has 1 fully saturated rings. The van der Waals surface area contributed by atoms with Crippen molar-refractivity contribution < 1.29 is 37.5 Å². The third-order valence-corrected chi connectivity index (χ3v) is 1.51. The first kappa shape index (κ1) is 9.73. The predicted molar refractivity (Wildman–Crippen MR) is 31.3 cm³/mol. The Bertz CT molecular complexity index is 81.1. The van der Waals surface area contributed by atoms with E-state index in [1.807, 2.05) is 6.29 Å². The van der Waals surface area contributed by atoms with Gasteiger partial charge >= 0.3 is 0 Å². The van der Waals surface area contributed by atoms with Gasteiger partial charge < -0.3 is 10.1 Å². The minimum Gasteiger partial charge on any atom is -0.542 e. The molecular formula is C6H10NOY-. The van der Waals surface area contributed by atoms with Gasteiger partial charge in [0.05, 0.1) is 0 Å². The van der Waals surface area contributed by atoms with Crippen LogP contribution in [-0.4, -0.2) is 19.4 Å². The molecule has 0 bridgehead atoms. The predicted octanol–water partition coefficient (Wildman–Crippen LogP) is 0.0932. The average molecular weight is 201 g/mol. The molecule has 1 rings (SSSR count). The summed E-state index contributed by atoms with van der Waals surface area (Å²) >= 11 is 0. The quantitative estimate of drug-likeness (QED) is 0.609. The van der Waals surface area contributed by atoms with Gasteiger partial charge in [0, 0.05) is 32.7 Å². The van der Waals surface area contributed by atoms with Gasteiger partial charge in [0.2, 0.25) is 0 Å². The van der Waals surface area contributed by atoms with Crippen LogP contribution in [-0.2, 0) is 37.5 Å². The number of nitrogens with one attached hydrogen (secondary N) is 1. The largest absolute Gasteiger partial charge is 0.542 e. The Balaban J connectivity index is 0.000000640. The molecule has 49 valence electrons. The third kappa shape index (κ3) is 3.44. The first-order valence-electron chi connectivity index (χ1n) is 3.02.